The fourth-order valence-corrected chi connectivity index (χ4v) is 6.10. The number of thiophene rings is 1. The van der Waals surface area contributed by atoms with Crippen LogP contribution in [0.2, 0.25) is 0 Å². The Bertz CT molecular complexity index is 1000. The third-order valence-corrected chi connectivity index (χ3v) is 7.39. The highest BCUT2D eigenvalue weighted by Crippen LogP contribution is 2.40. The predicted molar refractivity (Wildman–Crippen MR) is 119 cm³/mol. The second kappa shape index (κ2) is 7.95. The molecular weight excluding hydrogens is 380 g/mol. The molecule has 3 aromatic rings. The average molecular weight is 409 g/mol. The predicted octanol–water partition coefficient (Wildman–Crippen LogP) is 3.81. The molecule has 1 unspecified atom stereocenters. The van der Waals surface area contributed by atoms with E-state index in [2.05, 4.69) is 33.9 Å². The normalized spacial score (nSPS) is 20.0. The number of fused-ring (bicyclic) bond motifs is 3. The number of aryl methyl sites for hydroxylation is 2. The first kappa shape index (κ1) is 18.9. The highest BCUT2D eigenvalue weighted by atomic mass is 32.1. The Morgan fingerprint density at radius 2 is 2.07 bits per heavy atom. The van der Waals surface area contributed by atoms with Crippen LogP contribution >= 0.6 is 11.3 Å². The van der Waals surface area contributed by atoms with Crippen LogP contribution in [0.4, 0.5) is 5.82 Å². The molecule has 0 N–H and O–H groups in total. The van der Waals surface area contributed by atoms with Gasteiger partial charge in [-0.3, -0.25) is 4.98 Å². The molecule has 1 atom stereocenters. The summed E-state index contributed by atoms with van der Waals surface area (Å²) in [5, 5.41) is 1.28. The minimum atomic E-state index is 0.679. The van der Waals surface area contributed by atoms with Crippen molar-refractivity contribution in [3.05, 3.63) is 29.0 Å². The summed E-state index contributed by atoms with van der Waals surface area (Å²) < 4.78 is 0. The van der Waals surface area contributed by atoms with Crippen LogP contribution in [-0.4, -0.2) is 58.6 Å². The molecule has 0 saturated carbocycles. The van der Waals surface area contributed by atoms with Crippen LogP contribution in [0.5, 0.6) is 0 Å². The first-order valence-corrected chi connectivity index (χ1v) is 11.5. The average Bonchev–Trinajstić information content (AvgIpc) is 3.12. The maximum absolute atomic E-state index is 5.04. The van der Waals surface area contributed by atoms with Gasteiger partial charge in [0.25, 0.3) is 0 Å². The van der Waals surface area contributed by atoms with Crippen LogP contribution in [0.15, 0.2) is 18.6 Å². The molecule has 4 heterocycles. The number of hydrogen-bond acceptors (Lipinski definition) is 7. The summed E-state index contributed by atoms with van der Waals surface area (Å²) in [7, 11) is 4.43. The molecule has 29 heavy (non-hydrogen) atoms. The zero-order valence-corrected chi connectivity index (χ0v) is 18.1. The number of rotatable bonds is 4. The Hall–Kier alpha value is -2.12. The van der Waals surface area contributed by atoms with Crippen LogP contribution < -0.4 is 4.90 Å². The lowest BCUT2D eigenvalue weighted by Gasteiger charge is -2.33. The zero-order chi connectivity index (χ0) is 19.8. The molecule has 1 fully saturated rings. The molecule has 0 radical (unpaired) electrons. The van der Waals surface area contributed by atoms with Crippen LogP contribution in [0.1, 0.15) is 36.1 Å². The minimum Gasteiger partial charge on any atom is -0.359 e. The van der Waals surface area contributed by atoms with E-state index in [1.807, 2.05) is 11.3 Å². The van der Waals surface area contributed by atoms with Gasteiger partial charge in [-0.15, -0.1) is 11.3 Å². The molecule has 1 aliphatic carbocycles. The third kappa shape index (κ3) is 3.73. The second-order valence-corrected chi connectivity index (χ2v) is 9.59. The van der Waals surface area contributed by atoms with Crippen molar-refractivity contribution in [2.24, 2.45) is 5.92 Å². The van der Waals surface area contributed by atoms with Crippen molar-refractivity contribution in [2.45, 2.75) is 38.5 Å². The molecule has 7 heteroatoms. The molecule has 2 aliphatic rings. The Kier molecular flexibility index (Phi) is 5.18. The molecular formula is C22H28N6S. The van der Waals surface area contributed by atoms with E-state index in [9.17, 15) is 0 Å². The fraction of sp³-hybridized carbons (Fsp3) is 0.545. The summed E-state index contributed by atoms with van der Waals surface area (Å²) in [5.74, 6) is 2.44. The molecule has 1 saturated heterocycles. The topological polar surface area (TPSA) is 58.0 Å². The second-order valence-electron chi connectivity index (χ2n) is 8.50. The van der Waals surface area contributed by atoms with Crippen molar-refractivity contribution in [3.8, 4) is 11.5 Å². The first-order chi connectivity index (χ1) is 14.2. The van der Waals surface area contributed by atoms with Crippen molar-refractivity contribution in [1.29, 1.82) is 0 Å². The van der Waals surface area contributed by atoms with Crippen LogP contribution in [0.25, 0.3) is 21.7 Å². The third-order valence-electron chi connectivity index (χ3n) is 6.20. The van der Waals surface area contributed by atoms with Crippen LogP contribution in [0, 0.1) is 5.92 Å². The van der Waals surface area contributed by atoms with Crippen LogP contribution in [0.3, 0.4) is 0 Å². The van der Waals surface area contributed by atoms with Crippen LogP contribution in [-0.2, 0) is 12.8 Å². The van der Waals surface area contributed by atoms with Crippen molar-refractivity contribution in [1.82, 2.24) is 24.8 Å². The van der Waals surface area contributed by atoms with Crippen molar-refractivity contribution in [2.75, 3.05) is 38.6 Å². The van der Waals surface area contributed by atoms with Crippen molar-refractivity contribution >= 4 is 27.4 Å². The Labute approximate surface area is 176 Å². The van der Waals surface area contributed by atoms with Gasteiger partial charge in [-0.1, -0.05) is 0 Å². The lowest BCUT2D eigenvalue weighted by atomic mass is 9.96. The van der Waals surface area contributed by atoms with Gasteiger partial charge in [-0.25, -0.2) is 15.0 Å². The fourth-order valence-electron chi connectivity index (χ4n) is 4.84. The summed E-state index contributed by atoms with van der Waals surface area (Å²) in [6, 6.07) is 0. The van der Waals surface area contributed by atoms with Gasteiger partial charge in [-0.2, -0.15) is 0 Å². The summed E-state index contributed by atoms with van der Waals surface area (Å²) >= 11 is 1.85. The van der Waals surface area contributed by atoms with E-state index in [1.54, 1.807) is 18.6 Å². The smallest absolute Gasteiger partial charge is 0.183 e. The highest BCUT2D eigenvalue weighted by molar-refractivity contribution is 7.19. The van der Waals surface area contributed by atoms with E-state index < -0.39 is 0 Å². The number of piperidine rings is 1. The number of anilines is 1. The molecule has 0 bridgehead atoms. The van der Waals surface area contributed by atoms with Gasteiger partial charge in [0.1, 0.15) is 16.3 Å². The SMILES string of the molecule is CN1CCCC(CN(C)c2nc(-c3cnccn3)nc3sc4c(c23)CCCC4)C1. The van der Waals surface area contributed by atoms with Gasteiger partial charge in [0, 0.05) is 37.4 Å². The van der Waals surface area contributed by atoms with Crippen molar-refractivity contribution in [3.63, 3.8) is 0 Å². The van der Waals surface area contributed by atoms with Gasteiger partial charge in [-0.05, 0) is 63.6 Å². The molecule has 0 spiro atoms. The maximum atomic E-state index is 5.04. The zero-order valence-electron chi connectivity index (χ0n) is 17.3. The quantitative estimate of drug-likeness (QED) is 0.654. The Morgan fingerprint density at radius 1 is 1.17 bits per heavy atom. The van der Waals surface area contributed by atoms with Gasteiger partial charge in [0.2, 0.25) is 0 Å². The minimum absolute atomic E-state index is 0.679. The molecule has 0 amide bonds. The maximum Gasteiger partial charge on any atom is 0.183 e. The van der Waals surface area contributed by atoms with E-state index in [1.165, 1.54) is 54.5 Å². The molecule has 1 aliphatic heterocycles. The highest BCUT2D eigenvalue weighted by Gasteiger charge is 2.25. The van der Waals surface area contributed by atoms with Gasteiger partial charge in [0.05, 0.1) is 11.6 Å². The van der Waals surface area contributed by atoms with Gasteiger partial charge < -0.3 is 9.80 Å². The van der Waals surface area contributed by atoms with E-state index in [4.69, 9.17) is 9.97 Å². The number of hydrogen-bond donors (Lipinski definition) is 0. The summed E-state index contributed by atoms with van der Waals surface area (Å²) in [6.07, 6.45) is 12.6. The molecule has 6 nitrogen and oxygen atoms in total. The number of nitrogens with zero attached hydrogens (tertiary/aromatic N) is 6. The summed E-state index contributed by atoms with van der Waals surface area (Å²) in [4.78, 5) is 26.1. The lowest BCUT2D eigenvalue weighted by molar-refractivity contribution is 0.213. The summed E-state index contributed by atoms with van der Waals surface area (Å²) in [6.45, 7) is 3.41. The van der Waals surface area contributed by atoms with Gasteiger partial charge >= 0.3 is 0 Å². The lowest BCUT2D eigenvalue weighted by Crippen LogP contribution is -2.38. The largest absolute Gasteiger partial charge is 0.359 e. The first-order valence-electron chi connectivity index (χ1n) is 10.7. The van der Waals surface area contributed by atoms with Crippen molar-refractivity contribution < 1.29 is 0 Å². The molecule has 3 aromatic heterocycles. The van der Waals surface area contributed by atoms with Gasteiger partial charge in [0.15, 0.2) is 5.82 Å². The van der Waals surface area contributed by atoms with E-state index in [0.717, 1.165) is 35.9 Å². The molecule has 0 aromatic carbocycles. The van der Waals surface area contributed by atoms with E-state index >= 15 is 0 Å². The molecule has 152 valence electrons. The number of aromatic nitrogens is 4. The monoisotopic (exact) mass is 408 g/mol. The molecule has 5 rings (SSSR count). The van der Waals surface area contributed by atoms with E-state index in [-0.39, 0.29) is 0 Å². The summed E-state index contributed by atoms with van der Waals surface area (Å²) in [5.41, 5.74) is 2.23. The Morgan fingerprint density at radius 3 is 2.90 bits per heavy atom. The van der Waals surface area contributed by atoms with E-state index in [0.29, 0.717) is 11.7 Å². The standard InChI is InChI=1S/C22H28N6S/c1-27-11-5-6-15(13-27)14-28(2)21-19-16-7-3-4-8-18(16)29-22(19)26-20(25-21)17-12-23-9-10-24-17/h9-10,12,15H,3-8,11,13-14H2,1-2H3. The number of likely N-dealkylation sites (tertiary alicyclic amines) is 1. The Balaban J connectivity index is 1.58.